The number of rotatable bonds is 4. The lowest BCUT2D eigenvalue weighted by molar-refractivity contribution is 0.103. The van der Waals surface area contributed by atoms with E-state index in [2.05, 4.69) is 42.3 Å². The Morgan fingerprint density at radius 2 is 1.72 bits per heavy atom. The molecule has 3 rings (SSSR count). The minimum absolute atomic E-state index is 0.0407. The molecule has 0 aliphatic heterocycles. The van der Waals surface area contributed by atoms with Crippen molar-refractivity contribution in [1.29, 1.82) is 0 Å². The summed E-state index contributed by atoms with van der Waals surface area (Å²) in [5, 5.41) is 3.72. The number of hydrogen-bond acceptors (Lipinski definition) is 5. The van der Waals surface area contributed by atoms with E-state index in [-0.39, 0.29) is 11.1 Å². The van der Waals surface area contributed by atoms with Gasteiger partial charge in [-0.2, -0.15) is 0 Å². The topological polar surface area (TPSA) is 62.3 Å². The van der Waals surface area contributed by atoms with Gasteiger partial charge in [-0.05, 0) is 62.4 Å². The van der Waals surface area contributed by atoms with Crippen LogP contribution < -0.4 is 5.32 Å². The van der Waals surface area contributed by atoms with E-state index in [4.69, 9.17) is 0 Å². The van der Waals surface area contributed by atoms with Crippen molar-refractivity contribution in [2.45, 2.75) is 25.7 Å². The van der Waals surface area contributed by atoms with E-state index in [1.54, 1.807) is 26.2 Å². The molecule has 5 nitrogen and oxygen atoms in total. The monoisotopic (exact) mass is 425 g/mol. The van der Waals surface area contributed by atoms with E-state index in [1.165, 1.54) is 21.8 Å². The van der Waals surface area contributed by atoms with Crippen LogP contribution in [0, 0.1) is 20.8 Å². The van der Waals surface area contributed by atoms with Crippen LogP contribution in [-0.2, 0) is 0 Å². The zero-order valence-corrected chi connectivity index (χ0v) is 18.7. The average molecular weight is 426 g/mol. The lowest BCUT2D eigenvalue weighted by Gasteiger charge is -2.09. The molecule has 150 valence electrons. The number of amides is 2. The highest BCUT2D eigenvalue weighted by Crippen LogP contribution is 2.31. The largest absolute Gasteiger partial charge is 0.339 e. The van der Waals surface area contributed by atoms with Crippen LogP contribution >= 0.6 is 23.1 Å². The number of thioether (sulfide) groups is 1. The molecular weight excluding hydrogens is 402 g/mol. The molecule has 29 heavy (non-hydrogen) atoms. The van der Waals surface area contributed by atoms with Crippen molar-refractivity contribution in [3.05, 3.63) is 64.2 Å². The predicted octanol–water partition coefficient (Wildman–Crippen LogP) is 5.76. The Hall–Kier alpha value is -2.64. The first-order chi connectivity index (χ1) is 13.7. The zero-order valence-electron chi connectivity index (χ0n) is 17.1. The van der Waals surface area contributed by atoms with Gasteiger partial charge in [0.1, 0.15) is 9.88 Å². The maximum Gasteiger partial charge on any atom is 0.285 e. The van der Waals surface area contributed by atoms with E-state index in [0.717, 1.165) is 32.8 Å². The average Bonchev–Trinajstić information content (AvgIpc) is 3.04. The third kappa shape index (κ3) is 5.05. The van der Waals surface area contributed by atoms with E-state index >= 15 is 0 Å². The van der Waals surface area contributed by atoms with Crippen molar-refractivity contribution in [2.24, 2.45) is 0 Å². The number of thiazole rings is 1. The van der Waals surface area contributed by atoms with Crippen molar-refractivity contribution >= 4 is 39.9 Å². The summed E-state index contributed by atoms with van der Waals surface area (Å²) in [5.74, 6) is -0.180. The fourth-order valence-corrected chi connectivity index (χ4v) is 4.47. The van der Waals surface area contributed by atoms with Crippen LogP contribution in [0.5, 0.6) is 0 Å². The van der Waals surface area contributed by atoms with Crippen LogP contribution in [0.2, 0.25) is 0 Å². The summed E-state index contributed by atoms with van der Waals surface area (Å²) in [6.07, 6.45) is 0. The van der Waals surface area contributed by atoms with Crippen molar-refractivity contribution in [2.75, 3.05) is 19.4 Å². The van der Waals surface area contributed by atoms with Gasteiger partial charge >= 0.3 is 0 Å². The van der Waals surface area contributed by atoms with Gasteiger partial charge in [0, 0.05) is 30.2 Å². The first-order valence-electron chi connectivity index (χ1n) is 9.10. The van der Waals surface area contributed by atoms with Crippen LogP contribution in [0.3, 0.4) is 0 Å². The molecule has 0 unspecified atom stereocenters. The molecule has 0 aliphatic rings. The lowest BCUT2D eigenvalue weighted by atomic mass is 10.1. The molecular formula is C22H23N3O2S2. The van der Waals surface area contributed by atoms with Crippen molar-refractivity contribution < 1.29 is 9.59 Å². The summed E-state index contributed by atoms with van der Waals surface area (Å²) in [7, 11) is 3.43. The van der Waals surface area contributed by atoms with E-state index in [0.29, 0.717) is 16.3 Å². The van der Waals surface area contributed by atoms with E-state index < -0.39 is 0 Å². The number of benzene rings is 2. The summed E-state index contributed by atoms with van der Waals surface area (Å²) >= 11 is 2.55. The summed E-state index contributed by atoms with van der Waals surface area (Å²) in [6.45, 7) is 5.97. The summed E-state index contributed by atoms with van der Waals surface area (Å²) in [5.41, 5.74) is 4.79. The number of aromatic nitrogens is 1. The predicted molar refractivity (Wildman–Crippen MR) is 121 cm³/mol. The number of hydrogen-bond donors (Lipinski definition) is 1. The number of carbonyl (C=O) groups excluding carboxylic acids is 2. The zero-order chi connectivity index (χ0) is 21.1. The fourth-order valence-electron chi connectivity index (χ4n) is 2.76. The molecule has 0 spiro atoms. The Balaban J connectivity index is 1.74. The highest BCUT2D eigenvalue weighted by molar-refractivity contribution is 8.13. The Kier molecular flexibility index (Phi) is 6.39. The van der Waals surface area contributed by atoms with Gasteiger partial charge in [0.2, 0.25) is 0 Å². The second-order valence-electron chi connectivity index (χ2n) is 6.99. The van der Waals surface area contributed by atoms with Crippen molar-refractivity contribution in [1.82, 2.24) is 9.88 Å². The standard InChI is InChI=1S/C22H23N3O2S2/c1-13-6-11-18(14(2)12-13)21-23-15(3)19(29-21)20(26)24-16-7-9-17(10-8-16)28-22(27)25(4)5/h6-12H,1-5H3,(H,24,26). The molecule has 0 radical (unpaired) electrons. The van der Waals surface area contributed by atoms with Crippen LogP contribution in [-0.4, -0.2) is 35.1 Å². The third-order valence-electron chi connectivity index (χ3n) is 4.30. The Morgan fingerprint density at radius 1 is 1.03 bits per heavy atom. The van der Waals surface area contributed by atoms with Gasteiger partial charge in [0.15, 0.2) is 0 Å². The molecule has 7 heteroatoms. The minimum Gasteiger partial charge on any atom is -0.339 e. The number of aryl methyl sites for hydroxylation is 3. The quantitative estimate of drug-likeness (QED) is 0.540. The summed E-state index contributed by atoms with van der Waals surface area (Å²) in [6, 6.07) is 13.5. The molecule has 3 aromatic rings. The number of anilines is 1. The third-order valence-corrected chi connectivity index (χ3v) is 6.53. The van der Waals surface area contributed by atoms with Crippen molar-refractivity contribution in [3.63, 3.8) is 0 Å². The molecule has 0 saturated heterocycles. The molecule has 2 aromatic carbocycles. The SMILES string of the molecule is Cc1ccc(-c2nc(C)c(C(=O)Nc3ccc(SC(=O)N(C)C)cc3)s2)c(C)c1. The maximum absolute atomic E-state index is 12.8. The second-order valence-corrected chi connectivity index (χ2v) is 9.02. The highest BCUT2D eigenvalue weighted by atomic mass is 32.2. The molecule has 0 aliphatic carbocycles. The van der Waals surface area contributed by atoms with Crippen molar-refractivity contribution in [3.8, 4) is 10.6 Å². The molecule has 0 saturated carbocycles. The molecule has 0 bridgehead atoms. The normalized spacial score (nSPS) is 10.7. The van der Waals surface area contributed by atoms with Gasteiger partial charge in [-0.3, -0.25) is 9.59 Å². The molecule has 2 amide bonds. The summed E-state index contributed by atoms with van der Waals surface area (Å²) < 4.78 is 0. The van der Waals surface area contributed by atoms with Crippen LogP contribution in [0.25, 0.3) is 10.6 Å². The van der Waals surface area contributed by atoms with Crippen LogP contribution in [0.4, 0.5) is 10.5 Å². The summed E-state index contributed by atoms with van der Waals surface area (Å²) in [4.78, 5) is 32.1. The van der Waals surface area contributed by atoms with E-state index in [9.17, 15) is 9.59 Å². The van der Waals surface area contributed by atoms with Gasteiger partial charge in [-0.1, -0.05) is 23.8 Å². The molecule has 1 N–H and O–H groups in total. The maximum atomic E-state index is 12.8. The Labute approximate surface area is 179 Å². The second kappa shape index (κ2) is 8.80. The van der Waals surface area contributed by atoms with E-state index in [1.807, 2.05) is 19.1 Å². The highest BCUT2D eigenvalue weighted by Gasteiger charge is 2.17. The van der Waals surface area contributed by atoms with Gasteiger partial charge in [0.25, 0.3) is 11.1 Å². The molecule has 1 heterocycles. The number of carbonyl (C=O) groups is 2. The van der Waals surface area contributed by atoms with Crippen LogP contribution in [0.1, 0.15) is 26.5 Å². The minimum atomic E-state index is -0.180. The number of nitrogens with zero attached hydrogens (tertiary/aromatic N) is 2. The molecule has 1 aromatic heterocycles. The van der Waals surface area contributed by atoms with Gasteiger partial charge in [-0.25, -0.2) is 4.98 Å². The smallest absolute Gasteiger partial charge is 0.285 e. The van der Waals surface area contributed by atoms with Gasteiger partial charge < -0.3 is 10.2 Å². The Morgan fingerprint density at radius 3 is 2.34 bits per heavy atom. The lowest BCUT2D eigenvalue weighted by Crippen LogP contribution is -2.16. The Bertz CT molecular complexity index is 1060. The van der Waals surface area contributed by atoms with Gasteiger partial charge in [0.05, 0.1) is 5.69 Å². The first kappa shape index (κ1) is 21.1. The fraction of sp³-hybridized carbons (Fsp3) is 0.227. The van der Waals surface area contributed by atoms with Gasteiger partial charge in [-0.15, -0.1) is 11.3 Å². The first-order valence-corrected chi connectivity index (χ1v) is 10.7. The molecule has 0 atom stereocenters. The van der Waals surface area contributed by atoms with Crippen LogP contribution in [0.15, 0.2) is 47.4 Å². The molecule has 0 fully saturated rings. The number of nitrogens with one attached hydrogen (secondary N) is 1.